The van der Waals surface area contributed by atoms with E-state index in [1.54, 1.807) is 13.8 Å². The van der Waals surface area contributed by atoms with E-state index in [9.17, 15) is 4.57 Å². The Morgan fingerprint density at radius 2 is 0.842 bits per heavy atom. The van der Waals surface area contributed by atoms with Crippen molar-refractivity contribution in [2.75, 3.05) is 32.9 Å². The highest BCUT2D eigenvalue weighted by Gasteiger charge is 2.24. The molecule has 38 heavy (non-hydrogen) atoms. The van der Waals surface area contributed by atoms with E-state index in [0.717, 1.165) is 13.1 Å². The molecule has 0 saturated carbocycles. The van der Waals surface area contributed by atoms with Crippen LogP contribution >= 0.6 is 7.82 Å². The van der Waals surface area contributed by atoms with E-state index in [2.05, 4.69) is 11.4 Å². The van der Waals surface area contributed by atoms with Crippen LogP contribution in [0.4, 0.5) is 0 Å². The lowest BCUT2D eigenvalue weighted by atomic mass is 10.0. The summed E-state index contributed by atoms with van der Waals surface area (Å²) < 4.78 is 13.3. The molecule has 0 aromatic carbocycles. The third-order valence-corrected chi connectivity index (χ3v) is 4.95. The predicted molar refractivity (Wildman–Crippen MR) is 156 cm³/mol. The van der Waals surface area contributed by atoms with Crippen molar-refractivity contribution in [3.8, 4) is 0 Å². The van der Waals surface area contributed by atoms with Gasteiger partial charge in [-0.2, -0.15) is 0 Å². The molecule has 0 atom stereocenters. The minimum Gasteiger partial charge on any atom is -0.397 e. The average Bonchev–Trinajstić information content (AvgIpc) is 2.81. The zero-order chi connectivity index (χ0) is 30.6. The van der Waals surface area contributed by atoms with Gasteiger partial charge in [0.1, 0.15) is 6.61 Å². The lowest BCUT2D eigenvalue weighted by Gasteiger charge is -2.13. The van der Waals surface area contributed by atoms with Crippen molar-refractivity contribution >= 4 is 7.82 Å². The molecule has 0 rings (SSSR count). The molecule has 0 radical (unpaired) electrons. The summed E-state index contributed by atoms with van der Waals surface area (Å²) in [5, 5.41) is 39.2. The molecule has 11 nitrogen and oxygen atoms in total. The average molecular weight is 581 g/mol. The van der Waals surface area contributed by atoms with Crippen LogP contribution in [0.2, 0.25) is 0 Å². The molecule has 0 amide bonds. The molecule has 0 aromatic heterocycles. The van der Waals surface area contributed by atoms with E-state index in [-0.39, 0.29) is 13.2 Å². The molecule has 0 aromatic rings. The molecule has 238 valence electrons. The van der Waals surface area contributed by atoms with Crippen LogP contribution in [0.25, 0.3) is 0 Å². The van der Waals surface area contributed by atoms with Gasteiger partial charge in [0.25, 0.3) is 0 Å². The molecular weight excluding hydrogens is 515 g/mol. The minimum absolute atomic E-state index is 0.250. The number of aliphatic hydroxyl groups excluding tert-OH is 2. The van der Waals surface area contributed by atoms with E-state index in [1.165, 1.54) is 103 Å². The van der Waals surface area contributed by atoms with Crippen LogP contribution in [0.15, 0.2) is 0 Å². The van der Waals surface area contributed by atoms with Crippen molar-refractivity contribution in [3.05, 3.63) is 0 Å². The molecule has 0 aliphatic carbocycles. The normalized spacial score (nSPS) is 10.6. The second-order valence-corrected chi connectivity index (χ2v) is 9.91. The Morgan fingerprint density at radius 1 is 0.605 bits per heavy atom. The van der Waals surface area contributed by atoms with Crippen LogP contribution < -0.4 is 11.5 Å². The zero-order valence-corrected chi connectivity index (χ0v) is 25.8. The van der Waals surface area contributed by atoms with Crippen LogP contribution in [-0.2, 0) is 9.09 Å². The van der Waals surface area contributed by atoms with Crippen molar-refractivity contribution in [2.24, 2.45) is 11.5 Å². The predicted octanol–water partition coefficient (Wildman–Crippen LogP) is 3.90. The van der Waals surface area contributed by atoms with Crippen LogP contribution in [0, 0.1) is 0 Å². The molecule has 11 N–H and O–H groups in total. The van der Waals surface area contributed by atoms with Crippen molar-refractivity contribution in [1.82, 2.24) is 0 Å². The maximum absolute atomic E-state index is 9.82. The van der Waals surface area contributed by atoms with E-state index < -0.39 is 20.4 Å². The highest BCUT2D eigenvalue weighted by Crippen LogP contribution is 2.36. The van der Waals surface area contributed by atoms with Crippen LogP contribution in [0.3, 0.4) is 0 Å². The highest BCUT2D eigenvalue weighted by molar-refractivity contribution is 7.46. The maximum Gasteiger partial charge on any atom is 0.469 e. The molecule has 12 heteroatoms. The Hall–Kier alpha value is -0.170. The Balaban J connectivity index is -0.000000158. The largest absolute Gasteiger partial charge is 0.469 e. The summed E-state index contributed by atoms with van der Waals surface area (Å²) in [4.78, 5) is 15.9. The summed E-state index contributed by atoms with van der Waals surface area (Å²) >= 11 is 0. The van der Waals surface area contributed by atoms with Crippen LogP contribution in [0.1, 0.15) is 130 Å². The van der Waals surface area contributed by atoms with Crippen LogP contribution in [0.5, 0.6) is 0 Å². The third kappa shape index (κ3) is 83.4. The first-order chi connectivity index (χ1) is 17.9. The summed E-state index contributed by atoms with van der Waals surface area (Å²) in [5.74, 6) is -3.21. The molecule has 0 heterocycles. The van der Waals surface area contributed by atoms with Crippen molar-refractivity contribution in [1.29, 1.82) is 0 Å². The molecule has 0 saturated heterocycles. The fourth-order valence-electron chi connectivity index (χ4n) is 2.86. The molecule has 0 bridgehead atoms. The molecule has 0 aliphatic rings. The van der Waals surface area contributed by atoms with Gasteiger partial charge in [0.05, 0.1) is 0 Å². The summed E-state index contributed by atoms with van der Waals surface area (Å²) in [6, 6.07) is 0. The first-order valence-electron chi connectivity index (χ1n) is 14.4. The number of aliphatic hydroxyl groups is 5. The summed E-state index contributed by atoms with van der Waals surface area (Å²) in [6.45, 7) is 8.41. The van der Waals surface area contributed by atoms with Gasteiger partial charge in [-0.1, -0.05) is 110 Å². The maximum atomic E-state index is 9.82. The quantitative estimate of drug-likeness (QED) is 0.0605. The SMILES string of the molecule is CCCCCCCCCCCCCCCCCCN.CCN.CCO.CCO.O=P(O)(O)OCC(O)(O)O. The Labute approximate surface area is 233 Å². The van der Waals surface area contributed by atoms with Crippen molar-refractivity contribution < 1.29 is 44.4 Å². The lowest BCUT2D eigenvalue weighted by molar-refractivity contribution is -0.323. The van der Waals surface area contributed by atoms with Crippen molar-refractivity contribution in [3.63, 3.8) is 0 Å². The molecular formula is C26H65N2O9P. The third-order valence-electron chi connectivity index (χ3n) is 4.48. The Morgan fingerprint density at radius 3 is 1.00 bits per heavy atom. The van der Waals surface area contributed by atoms with Gasteiger partial charge >= 0.3 is 13.8 Å². The zero-order valence-electron chi connectivity index (χ0n) is 24.9. The number of phosphoric ester groups is 1. The highest BCUT2D eigenvalue weighted by atomic mass is 31.2. The lowest BCUT2D eigenvalue weighted by Crippen LogP contribution is -2.32. The smallest absolute Gasteiger partial charge is 0.397 e. The van der Waals surface area contributed by atoms with E-state index in [1.807, 2.05) is 6.92 Å². The first-order valence-corrected chi connectivity index (χ1v) is 15.9. The summed E-state index contributed by atoms with van der Waals surface area (Å²) in [6.07, 6.45) is 22.9. The van der Waals surface area contributed by atoms with Gasteiger partial charge in [-0.15, -0.1) is 0 Å². The van der Waals surface area contributed by atoms with Gasteiger partial charge in [-0.3, -0.25) is 4.52 Å². The van der Waals surface area contributed by atoms with Gasteiger partial charge < -0.3 is 46.8 Å². The van der Waals surface area contributed by atoms with Gasteiger partial charge in [0.2, 0.25) is 0 Å². The summed E-state index contributed by atoms with van der Waals surface area (Å²) in [5.41, 5.74) is 10.3. The Bertz CT molecular complexity index is 403. The van der Waals surface area contributed by atoms with E-state index >= 15 is 0 Å². The monoisotopic (exact) mass is 580 g/mol. The van der Waals surface area contributed by atoms with Crippen LogP contribution in [-0.4, -0.2) is 74.2 Å². The van der Waals surface area contributed by atoms with E-state index in [4.69, 9.17) is 46.8 Å². The van der Waals surface area contributed by atoms with Crippen molar-refractivity contribution in [2.45, 2.75) is 136 Å². The minimum atomic E-state index is -4.74. The number of phosphoric acid groups is 1. The first kappa shape index (κ1) is 47.6. The summed E-state index contributed by atoms with van der Waals surface area (Å²) in [7, 11) is -4.74. The molecule has 0 spiro atoms. The van der Waals surface area contributed by atoms with Gasteiger partial charge in [-0.05, 0) is 33.4 Å². The number of unbranched alkanes of at least 4 members (excludes halogenated alkanes) is 15. The molecule has 0 aliphatic heterocycles. The fraction of sp³-hybridized carbons (Fsp3) is 1.00. The standard InChI is InChI=1S/C18H39N.C2H7N.C2H7O7P.2C2H6O/c1-2-3-4-5-6-7-8-9-10-11-12-13-14-15-16-17-18-19;1-2-3;3-2(4,5)1-9-10(6,7)8;2*1-2-3/h2-19H2,1H3;2-3H2,1H3;3-5H,1H2,(H2,6,7,8);2*3H,2H2,1H3. The Kier molecular flexibility index (Phi) is 51.8. The van der Waals surface area contributed by atoms with Gasteiger partial charge in [-0.25, -0.2) is 4.57 Å². The number of nitrogens with two attached hydrogens (primary N) is 2. The second-order valence-electron chi connectivity index (χ2n) is 8.67. The molecule has 0 fully saturated rings. The molecule has 0 unspecified atom stereocenters. The van der Waals surface area contributed by atoms with E-state index in [0.29, 0.717) is 0 Å². The second kappa shape index (κ2) is 41.3. The van der Waals surface area contributed by atoms with Gasteiger partial charge in [0, 0.05) is 13.2 Å². The number of hydrogen-bond acceptors (Lipinski definition) is 9. The number of rotatable bonds is 19. The topological polar surface area (TPSA) is 220 Å². The fourth-order valence-corrected chi connectivity index (χ4v) is 3.20. The number of hydrogen-bond donors (Lipinski definition) is 9. The van der Waals surface area contributed by atoms with Gasteiger partial charge in [0.15, 0.2) is 0 Å².